The topological polar surface area (TPSA) is 86.0 Å². The third-order valence-corrected chi connectivity index (χ3v) is 5.88. The van der Waals surface area contributed by atoms with E-state index in [1.54, 1.807) is 12.1 Å². The maximum atomic E-state index is 12.9. The molecule has 1 N–H and O–H groups in total. The molecular weight excluding hydrogens is 646 g/mol. The van der Waals surface area contributed by atoms with Crippen LogP contribution in [-0.4, -0.2) is 17.7 Å². The van der Waals surface area contributed by atoms with Gasteiger partial charge in [0.05, 0.1) is 26.9 Å². The summed E-state index contributed by atoms with van der Waals surface area (Å²) >= 11 is 5.49. The zero-order valence-electron chi connectivity index (χ0n) is 18.1. The van der Waals surface area contributed by atoms with Crippen molar-refractivity contribution in [2.24, 2.45) is 5.10 Å². The Bertz CT molecular complexity index is 1240. The van der Waals surface area contributed by atoms with E-state index < -0.39 is 22.4 Å². The Balaban J connectivity index is 1.79. The molecule has 0 amide bonds. The fourth-order valence-corrected chi connectivity index (χ4v) is 3.98. The predicted molar refractivity (Wildman–Crippen MR) is 138 cm³/mol. The standard InChI is InChI=1S/C23H18BrF3IN3O4/c1-2-34-21-10-15(9-18(28)22(21)35-13-14-3-6-17(24)7-4-14)12-29-30-19-8-5-16(23(25,26)27)11-20(19)31(32)33/h3-12,30H,2,13H2,1H3/b29-12-. The third kappa shape index (κ3) is 7.31. The summed E-state index contributed by atoms with van der Waals surface area (Å²) in [4.78, 5) is 10.3. The largest absolute Gasteiger partial charge is 0.490 e. The maximum Gasteiger partial charge on any atom is 0.416 e. The fraction of sp³-hybridized carbons (Fsp3) is 0.174. The van der Waals surface area contributed by atoms with Crippen molar-refractivity contribution < 1.29 is 27.6 Å². The van der Waals surface area contributed by atoms with Gasteiger partial charge < -0.3 is 9.47 Å². The van der Waals surface area contributed by atoms with Crippen LogP contribution < -0.4 is 14.9 Å². The SMILES string of the molecule is CCOc1cc(/C=N\Nc2ccc(C(F)(F)F)cc2[N+](=O)[O-])cc(I)c1OCc1ccc(Br)cc1. The second-order valence-electron chi connectivity index (χ2n) is 7.03. The molecule has 3 rings (SSSR count). The van der Waals surface area contributed by atoms with Crippen LogP contribution in [0.4, 0.5) is 24.5 Å². The summed E-state index contributed by atoms with van der Waals surface area (Å²) in [7, 11) is 0. The van der Waals surface area contributed by atoms with Crippen molar-refractivity contribution in [2.75, 3.05) is 12.0 Å². The molecule has 0 bridgehead atoms. The molecule has 0 atom stereocenters. The molecule has 3 aromatic carbocycles. The lowest BCUT2D eigenvalue weighted by Gasteiger charge is -2.15. The molecule has 184 valence electrons. The Labute approximate surface area is 220 Å². The Kier molecular flexibility index (Phi) is 8.94. The Morgan fingerprint density at radius 3 is 2.49 bits per heavy atom. The molecule has 0 saturated carbocycles. The molecule has 0 radical (unpaired) electrons. The minimum Gasteiger partial charge on any atom is -0.490 e. The van der Waals surface area contributed by atoms with Gasteiger partial charge in [0.25, 0.3) is 5.69 Å². The number of hydrogen-bond acceptors (Lipinski definition) is 6. The van der Waals surface area contributed by atoms with Gasteiger partial charge in [-0.2, -0.15) is 18.3 Å². The first kappa shape index (κ1) is 26.7. The number of alkyl halides is 3. The minimum atomic E-state index is -4.69. The average Bonchev–Trinajstić information content (AvgIpc) is 2.79. The van der Waals surface area contributed by atoms with E-state index in [-0.39, 0.29) is 5.69 Å². The second kappa shape index (κ2) is 11.7. The molecule has 35 heavy (non-hydrogen) atoms. The van der Waals surface area contributed by atoms with E-state index in [1.807, 2.05) is 31.2 Å². The highest BCUT2D eigenvalue weighted by molar-refractivity contribution is 14.1. The van der Waals surface area contributed by atoms with Crippen LogP contribution in [-0.2, 0) is 12.8 Å². The van der Waals surface area contributed by atoms with Crippen molar-refractivity contribution in [3.05, 3.63) is 89.4 Å². The first-order valence-corrected chi connectivity index (χ1v) is 11.9. The van der Waals surface area contributed by atoms with Gasteiger partial charge in [0.1, 0.15) is 12.3 Å². The predicted octanol–water partition coefficient (Wildman–Crippen LogP) is 7.40. The van der Waals surface area contributed by atoms with E-state index in [1.165, 1.54) is 6.21 Å². The fourth-order valence-electron chi connectivity index (χ4n) is 2.93. The minimum absolute atomic E-state index is 0.173. The Morgan fingerprint density at radius 2 is 1.86 bits per heavy atom. The maximum absolute atomic E-state index is 12.9. The van der Waals surface area contributed by atoms with Crippen molar-refractivity contribution in [1.29, 1.82) is 0 Å². The summed E-state index contributed by atoms with van der Waals surface area (Å²) in [6, 6.07) is 13.3. The summed E-state index contributed by atoms with van der Waals surface area (Å²) < 4.78 is 52.0. The molecule has 0 fully saturated rings. The highest BCUT2D eigenvalue weighted by atomic mass is 127. The Morgan fingerprint density at radius 1 is 1.14 bits per heavy atom. The van der Waals surface area contributed by atoms with E-state index in [9.17, 15) is 23.3 Å². The van der Waals surface area contributed by atoms with Crippen LogP contribution in [0.15, 0.2) is 64.2 Å². The van der Waals surface area contributed by atoms with Crippen molar-refractivity contribution in [1.82, 2.24) is 0 Å². The van der Waals surface area contributed by atoms with E-state index >= 15 is 0 Å². The quantitative estimate of drug-likeness (QED) is 0.112. The first-order chi connectivity index (χ1) is 16.6. The molecule has 0 unspecified atom stereocenters. The number of hydrazone groups is 1. The van der Waals surface area contributed by atoms with Crippen LogP contribution in [0.3, 0.4) is 0 Å². The van der Waals surface area contributed by atoms with Crippen LogP contribution >= 0.6 is 38.5 Å². The first-order valence-electron chi connectivity index (χ1n) is 10.1. The van der Waals surface area contributed by atoms with Crippen LogP contribution in [0, 0.1) is 13.7 Å². The molecule has 0 aromatic heterocycles. The number of nitro benzene ring substituents is 1. The zero-order valence-corrected chi connectivity index (χ0v) is 21.8. The monoisotopic (exact) mass is 663 g/mol. The summed E-state index contributed by atoms with van der Waals surface area (Å²) in [6.07, 6.45) is -3.31. The molecular formula is C23H18BrF3IN3O4. The van der Waals surface area contributed by atoms with Crippen LogP contribution in [0.2, 0.25) is 0 Å². The number of hydrogen-bond donors (Lipinski definition) is 1. The number of benzene rings is 3. The molecule has 0 heterocycles. The number of nitro groups is 1. The Hall–Kier alpha value is -2.87. The lowest BCUT2D eigenvalue weighted by atomic mass is 10.1. The lowest BCUT2D eigenvalue weighted by molar-refractivity contribution is -0.384. The van der Waals surface area contributed by atoms with Crippen LogP contribution in [0.5, 0.6) is 11.5 Å². The van der Waals surface area contributed by atoms with Gasteiger partial charge in [0.2, 0.25) is 0 Å². The van der Waals surface area contributed by atoms with E-state index in [0.717, 1.165) is 25.7 Å². The lowest BCUT2D eigenvalue weighted by Crippen LogP contribution is -2.06. The number of nitrogens with zero attached hydrogens (tertiary/aromatic N) is 2. The highest BCUT2D eigenvalue weighted by Gasteiger charge is 2.33. The normalized spacial score (nSPS) is 11.5. The van der Waals surface area contributed by atoms with E-state index in [4.69, 9.17) is 9.47 Å². The smallest absolute Gasteiger partial charge is 0.416 e. The number of anilines is 1. The summed E-state index contributed by atoms with van der Waals surface area (Å²) in [5.41, 5.74) is 1.98. The van der Waals surface area contributed by atoms with Crippen molar-refractivity contribution >= 4 is 56.1 Å². The van der Waals surface area contributed by atoms with Crippen molar-refractivity contribution in [3.8, 4) is 11.5 Å². The summed E-state index contributed by atoms with van der Waals surface area (Å²) in [5.74, 6) is 1.04. The van der Waals surface area contributed by atoms with Gasteiger partial charge in [-0.25, -0.2) is 0 Å². The van der Waals surface area contributed by atoms with Gasteiger partial charge in [-0.1, -0.05) is 28.1 Å². The third-order valence-electron chi connectivity index (χ3n) is 4.55. The zero-order chi connectivity index (χ0) is 25.6. The van der Waals surface area contributed by atoms with Gasteiger partial charge in [-0.3, -0.25) is 15.5 Å². The van der Waals surface area contributed by atoms with Gasteiger partial charge in [0, 0.05) is 10.5 Å². The van der Waals surface area contributed by atoms with Crippen molar-refractivity contribution in [2.45, 2.75) is 19.7 Å². The molecule has 0 aliphatic heterocycles. The van der Waals surface area contributed by atoms with Crippen LogP contribution in [0.1, 0.15) is 23.6 Å². The van der Waals surface area contributed by atoms with E-state index in [2.05, 4.69) is 49.0 Å². The molecule has 0 aliphatic rings. The number of ether oxygens (including phenoxy) is 2. The molecule has 0 aliphatic carbocycles. The molecule has 7 nitrogen and oxygen atoms in total. The van der Waals surface area contributed by atoms with Gasteiger partial charge in [-0.15, -0.1) is 0 Å². The number of nitrogens with one attached hydrogen (secondary N) is 1. The van der Waals surface area contributed by atoms with Gasteiger partial charge >= 0.3 is 6.18 Å². The number of halogens is 5. The molecule has 0 spiro atoms. The molecule has 12 heteroatoms. The second-order valence-corrected chi connectivity index (χ2v) is 9.11. The summed E-state index contributed by atoms with van der Waals surface area (Å²) in [6.45, 7) is 2.55. The van der Waals surface area contributed by atoms with Crippen molar-refractivity contribution in [3.63, 3.8) is 0 Å². The van der Waals surface area contributed by atoms with Gasteiger partial charge in [0.15, 0.2) is 11.5 Å². The summed E-state index contributed by atoms with van der Waals surface area (Å²) in [5, 5.41) is 15.2. The number of rotatable bonds is 9. The highest BCUT2D eigenvalue weighted by Crippen LogP contribution is 2.36. The average molecular weight is 664 g/mol. The molecule has 0 saturated heterocycles. The van der Waals surface area contributed by atoms with E-state index in [0.29, 0.717) is 36.3 Å². The van der Waals surface area contributed by atoms with Gasteiger partial charge in [-0.05, 0) is 77.0 Å². The molecule has 3 aromatic rings. The van der Waals surface area contributed by atoms with Crippen LogP contribution in [0.25, 0.3) is 0 Å².